The zero-order valence-electron chi connectivity index (χ0n) is 12.0. The first-order chi connectivity index (χ1) is 10.0. The van der Waals surface area contributed by atoms with Crippen LogP contribution in [0.15, 0.2) is 30.4 Å². The first-order valence-corrected chi connectivity index (χ1v) is 7.00. The van der Waals surface area contributed by atoms with Crippen molar-refractivity contribution < 1.29 is 9.18 Å². The number of rotatable bonds is 3. The number of aromatic nitrogens is 1. The van der Waals surface area contributed by atoms with Crippen LogP contribution in [-0.2, 0) is 6.42 Å². The van der Waals surface area contributed by atoms with Gasteiger partial charge in [-0.2, -0.15) is 0 Å². The Balaban J connectivity index is 1.64. The minimum absolute atomic E-state index is 0.0501. The van der Waals surface area contributed by atoms with Crippen LogP contribution in [-0.4, -0.2) is 35.5 Å². The molecule has 0 bridgehead atoms. The number of likely N-dealkylation sites (tertiary alicyclic amines) is 1. The summed E-state index contributed by atoms with van der Waals surface area (Å²) in [6.07, 6.45) is 0.720. The van der Waals surface area contributed by atoms with Crippen LogP contribution in [0, 0.1) is 12.7 Å². The standard InChI is InChI=1S/C16H18FN3O/c1-10-8-20(9-10)16(21)18-6-5-13-11(2)19-15-7-12(17)3-4-14(13)15/h3-4,7,19H,1,5-6,8-9H2,2H3,(H,18,21). The summed E-state index contributed by atoms with van der Waals surface area (Å²) >= 11 is 0. The lowest BCUT2D eigenvalue weighted by molar-refractivity contribution is 0.191. The van der Waals surface area contributed by atoms with Crippen LogP contribution >= 0.6 is 0 Å². The maximum Gasteiger partial charge on any atom is 0.317 e. The maximum atomic E-state index is 13.2. The second kappa shape index (κ2) is 5.24. The highest BCUT2D eigenvalue weighted by Gasteiger charge is 2.23. The van der Waals surface area contributed by atoms with Gasteiger partial charge in [0.25, 0.3) is 0 Å². The summed E-state index contributed by atoms with van der Waals surface area (Å²) in [4.78, 5) is 16.7. The lowest BCUT2D eigenvalue weighted by atomic mass is 10.1. The molecule has 1 saturated heterocycles. The topological polar surface area (TPSA) is 48.1 Å². The number of aromatic amines is 1. The molecule has 0 aliphatic carbocycles. The predicted octanol–water partition coefficient (Wildman–Crippen LogP) is 2.74. The van der Waals surface area contributed by atoms with Crippen molar-refractivity contribution in [1.82, 2.24) is 15.2 Å². The fourth-order valence-corrected chi connectivity index (χ4v) is 2.73. The van der Waals surface area contributed by atoms with Crippen molar-refractivity contribution in [1.29, 1.82) is 0 Å². The first kappa shape index (κ1) is 13.7. The summed E-state index contributed by atoms with van der Waals surface area (Å²) in [5.74, 6) is -0.249. The number of amides is 2. The summed E-state index contributed by atoms with van der Waals surface area (Å²) in [5.41, 5.74) is 4.02. The number of carbonyl (C=O) groups excluding carboxylic acids is 1. The fourth-order valence-electron chi connectivity index (χ4n) is 2.73. The van der Waals surface area contributed by atoms with Crippen LogP contribution in [0.3, 0.4) is 0 Å². The molecule has 1 fully saturated rings. The normalized spacial score (nSPS) is 14.4. The minimum atomic E-state index is -0.249. The molecule has 0 saturated carbocycles. The molecule has 2 heterocycles. The number of hydrogen-bond donors (Lipinski definition) is 2. The van der Waals surface area contributed by atoms with Gasteiger partial charge in [-0.25, -0.2) is 9.18 Å². The largest absolute Gasteiger partial charge is 0.358 e. The number of hydrogen-bond acceptors (Lipinski definition) is 1. The first-order valence-electron chi connectivity index (χ1n) is 7.00. The molecule has 2 N–H and O–H groups in total. The molecule has 110 valence electrons. The van der Waals surface area contributed by atoms with Gasteiger partial charge in [0.05, 0.1) is 0 Å². The molecule has 21 heavy (non-hydrogen) atoms. The van der Waals surface area contributed by atoms with Crippen LogP contribution in [0.4, 0.5) is 9.18 Å². The van der Waals surface area contributed by atoms with Crippen LogP contribution in [0.25, 0.3) is 10.9 Å². The van der Waals surface area contributed by atoms with E-state index in [1.165, 1.54) is 12.1 Å². The van der Waals surface area contributed by atoms with Crippen molar-refractivity contribution in [2.75, 3.05) is 19.6 Å². The quantitative estimate of drug-likeness (QED) is 0.838. The van der Waals surface area contributed by atoms with Crippen molar-refractivity contribution in [3.05, 3.63) is 47.4 Å². The van der Waals surface area contributed by atoms with Gasteiger partial charge in [0.2, 0.25) is 0 Å². The Kier molecular flexibility index (Phi) is 3.41. The number of nitrogens with zero attached hydrogens (tertiary/aromatic N) is 1. The van der Waals surface area contributed by atoms with E-state index in [4.69, 9.17) is 0 Å². The number of urea groups is 1. The molecule has 1 aromatic carbocycles. The third kappa shape index (κ3) is 2.63. The summed E-state index contributed by atoms with van der Waals surface area (Å²) in [7, 11) is 0. The number of H-pyrrole nitrogens is 1. The molecular weight excluding hydrogens is 269 g/mol. The molecule has 1 aliphatic rings. The molecule has 1 aromatic heterocycles. The zero-order chi connectivity index (χ0) is 15.0. The van der Waals surface area contributed by atoms with Crippen molar-refractivity contribution in [2.24, 2.45) is 0 Å². The maximum absolute atomic E-state index is 13.2. The molecule has 0 atom stereocenters. The van der Waals surface area contributed by atoms with Crippen molar-refractivity contribution in [3.8, 4) is 0 Å². The van der Waals surface area contributed by atoms with Gasteiger partial charge in [-0.1, -0.05) is 6.58 Å². The number of fused-ring (bicyclic) bond motifs is 1. The zero-order valence-corrected chi connectivity index (χ0v) is 12.0. The van der Waals surface area contributed by atoms with Crippen molar-refractivity contribution >= 4 is 16.9 Å². The number of carbonyl (C=O) groups is 1. The van der Waals surface area contributed by atoms with E-state index in [0.717, 1.165) is 34.2 Å². The minimum Gasteiger partial charge on any atom is -0.358 e. The molecule has 4 nitrogen and oxygen atoms in total. The Morgan fingerprint density at radius 1 is 1.48 bits per heavy atom. The Labute approximate surface area is 122 Å². The van der Waals surface area contributed by atoms with E-state index in [-0.39, 0.29) is 11.8 Å². The van der Waals surface area contributed by atoms with E-state index in [1.807, 2.05) is 6.92 Å². The predicted molar refractivity (Wildman–Crippen MR) is 80.8 cm³/mol. The second-order valence-electron chi connectivity index (χ2n) is 5.51. The Hall–Kier alpha value is -2.30. The molecule has 5 heteroatoms. The van der Waals surface area contributed by atoms with Gasteiger partial charge in [-0.05, 0) is 42.7 Å². The van der Waals surface area contributed by atoms with E-state index < -0.39 is 0 Å². The highest BCUT2D eigenvalue weighted by atomic mass is 19.1. The van der Waals surface area contributed by atoms with Crippen LogP contribution in [0.5, 0.6) is 0 Å². The second-order valence-corrected chi connectivity index (χ2v) is 5.51. The van der Waals surface area contributed by atoms with Crippen LogP contribution < -0.4 is 5.32 Å². The summed E-state index contributed by atoms with van der Waals surface area (Å²) < 4.78 is 13.2. The lowest BCUT2D eigenvalue weighted by Crippen LogP contribution is -2.49. The average molecular weight is 287 g/mol. The molecule has 0 spiro atoms. The van der Waals surface area contributed by atoms with E-state index in [1.54, 1.807) is 11.0 Å². The van der Waals surface area contributed by atoms with Gasteiger partial charge >= 0.3 is 6.03 Å². The highest BCUT2D eigenvalue weighted by Crippen LogP contribution is 2.23. The van der Waals surface area contributed by atoms with E-state index >= 15 is 0 Å². The van der Waals surface area contributed by atoms with Gasteiger partial charge in [-0.15, -0.1) is 0 Å². The monoisotopic (exact) mass is 287 g/mol. The fraction of sp³-hybridized carbons (Fsp3) is 0.312. The smallest absolute Gasteiger partial charge is 0.317 e. The highest BCUT2D eigenvalue weighted by molar-refractivity contribution is 5.84. The van der Waals surface area contributed by atoms with Crippen molar-refractivity contribution in [2.45, 2.75) is 13.3 Å². The molecule has 1 aliphatic heterocycles. The Morgan fingerprint density at radius 3 is 2.95 bits per heavy atom. The third-order valence-corrected chi connectivity index (χ3v) is 3.85. The molecule has 2 aromatic rings. The number of aryl methyl sites for hydroxylation is 1. The summed E-state index contributed by atoms with van der Waals surface area (Å²) in [6.45, 7) is 7.64. The summed E-state index contributed by atoms with van der Waals surface area (Å²) in [5, 5.41) is 3.92. The number of nitrogens with one attached hydrogen (secondary N) is 2. The van der Waals surface area contributed by atoms with Crippen LogP contribution in [0.1, 0.15) is 11.3 Å². The lowest BCUT2D eigenvalue weighted by Gasteiger charge is -2.33. The van der Waals surface area contributed by atoms with Gasteiger partial charge in [0.1, 0.15) is 5.82 Å². The Morgan fingerprint density at radius 2 is 2.24 bits per heavy atom. The SMILES string of the molecule is C=C1CN(C(=O)NCCc2c(C)[nH]c3cc(F)ccc23)C1. The summed E-state index contributed by atoms with van der Waals surface area (Å²) in [6, 6.07) is 4.69. The van der Waals surface area contributed by atoms with Gasteiger partial charge in [-0.3, -0.25) is 0 Å². The van der Waals surface area contributed by atoms with E-state index in [9.17, 15) is 9.18 Å². The third-order valence-electron chi connectivity index (χ3n) is 3.85. The van der Waals surface area contributed by atoms with E-state index in [2.05, 4.69) is 16.9 Å². The molecule has 0 unspecified atom stereocenters. The molecule has 0 radical (unpaired) electrons. The van der Waals surface area contributed by atoms with E-state index in [0.29, 0.717) is 19.6 Å². The number of halogens is 1. The number of benzene rings is 1. The van der Waals surface area contributed by atoms with Gasteiger partial charge < -0.3 is 15.2 Å². The molecule has 2 amide bonds. The van der Waals surface area contributed by atoms with Crippen LogP contribution in [0.2, 0.25) is 0 Å². The van der Waals surface area contributed by atoms with Crippen molar-refractivity contribution in [3.63, 3.8) is 0 Å². The average Bonchev–Trinajstić information content (AvgIpc) is 2.70. The molecule has 3 rings (SSSR count). The van der Waals surface area contributed by atoms with Gasteiger partial charge in [0.15, 0.2) is 0 Å². The van der Waals surface area contributed by atoms with Gasteiger partial charge in [0, 0.05) is 36.2 Å². The Bertz CT molecular complexity index is 712. The molecular formula is C16H18FN3O.